The van der Waals surface area contributed by atoms with E-state index < -0.39 is 12.0 Å². The van der Waals surface area contributed by atoms with E-state index in [-0.39, 0.29) is 6.61 Å². The molecule has 0 unspecified atom stereocenters. The average molecular weight is 175 g/mol. The Balaban J connectivity index is 3.36. The van der Waals surface area contributed by atoms with Gasteiger partial charge in [-0.3, -0.25) is 9.59 Å². The second-order valence-electron chi connectivity index (χ2n) is 2.24. The van der Waals surface area contributed by atoms with Gasteiger partial charge in [0.15, 0.2) is 0 Å². The molecule has 5 nitrogen and oxygen atoms in total. The number of methoxy groups -OCH3 is 1. The lowest BCUT2D eigenvalue weighted by atomic mass is 10.2. The van der Waals surface area contributed by atoms with Crippen LogP contribution in [-0.4, -0.2) is 32.2 Å². The highest BCUT2D eigenvalue weighted by Crippen LogP contribution is 1.96. The molecule has 0 aromatic rings. The molecule has 70 valence electrons. The minimum Gasteiger partial charge on any atom is -0.468 e. The van der Waals surface area contributed by atoms with Crippen molar-refractivity contribution in [2.45, 2.75) is 18.9 Å². The maximum absolute atomic E-state index is 10.7. The summed E-state index contributed by atoms with van der Waals surface area (Å²) in [7, 11) is 1.28. The predicted molar refractivity (Wildman–Crippen MR) is 41.2 cm³/mol. The molecular weight excluding hydrogens is 162 g/mol. The SMILES string of the molecule is COC(=O)[C@@H](N)CCCOC=O. The van der Waals surface area contributed by atoms with Crippen LogP contribution >= 0.6 is 0 Å². The Morgan fingerprint density at radius 3 is 2.83 bits per heavy atom. The molecule has 0 amide bonds. The summed E-state index contributed by atoms with van der Waals surface area (Å²) in [4.78, 5) is 20.4. The molecule has 2 N–H and O–H groups in total. The number of esters is 1. The van der Waals surface area contributed by atoms with Crippen LogP contribution in [-0.2, 0) is 19.1 Å². The van der Waals surface area contributed by atoms with E-state index in [0.29, 0.717) is 19.3 Å². The molecule has 0 heterocycles. The minimum atomic E-state index is -0.620. The normalized spacial score (nSPS) is 11.8. The molecule has 0 saturated heterocycles. The number of hydrogen-bond acceptors (Lipinski definition) is 5. The van der Waals surface area contributed by atoms with Crippen molar-refractivity contribution in [3.8, 4) is 0 Å². The van der Waals surface area contributed by atoms with Crippen molar-refractivity contribution >= 4 is 12.4 Å². The first-order valence-corrected chi connectivity index (χ1v) is 3.61. The summed E-state index contributed by atoms with van der Waals surface area (Å²) in [6, 6.07) is -0.620. The predicted octanol–water partition coefficient (Wildman–Crippen LogP) is -0.560. The molecule has 0 aliphatic rings. The summed E-state index contributed by atoms with van der Waals surface area (Å²) >= 11 is 0. The first kappa shape index (κ1) is 10.9. The van der Waals surface area contributed by atoms with Gasteiger partial charge in [0.1, 0.15) is 6.04 Å². The lowest BCUT2D eigenvalue weighted by Crippen LogP contribution is -2.31. The number of carbonyl (C=O) groups is 2. The fourth-order valence-electron chi connectivity index (χ4n) is 0.704. The van der Waals surface area contributed by atoms with Gasteiger partial charge < -0.3 is 15.2 Å². The highest BCUT2D eigenvalue weighted by Gasteiger charge is 2.12. The zero-order chi connectivity index (χ0) is 9.40. The van der Waals surface area contributed by atoms with Gasteiger partial charge in [0.05, 0.1) is 13.7 Å². The molecule has 0 spiro atoms. The van der Waals surface area contributed by atoms with Crippen LogP contribution in [0.1, 0.15) is 12.8 Å². The van der Waals surface area contributed by atoms with Crippen molar-refractivity contribution in [2.75, 3.05) is 13.7 Å². The summed E-state index contributed by atoms with van der Waals surface area (Å²) in [6.07, 6.45) is 1.02. The number of rotatable bonds is 6. The van der Waals surface area contributed by atoms with Crippen molar-refractivity contribution < 1.29 is 19.1 Å². The zero-order valence-electron chi connectivity index (χ0n) is 6.99. The van der Waals surface area contributed by atoms with Gasteiger partial charge in [0.2, 0.25) is 0 Å². The topological polar surface area (TPSA) is 78.6 Å². The Morgan fingerprint density at radius 1 is 1.67 bits per heavy atom. The van der Waals surface area contributed by atoms with Gasteiger partial charge in [0, 0.05) is 0 Å². The van der Waals surface area contributed by atoms with Crippen molar-refractivity contribution in [1.29, 1.82) is 0 Å². The van der Waals surface area contributed by atoms with Crippen LogP contribution in [0.4, 0.5) is 0 Å². The second-order valence-corrected chi connectivity index (χ2v) is 2.24. The molecule has 0 aromatic heterocycles. The third-order valence-corrected chi connectivity index (χ3v) is 1.35. The molecule has 0 rings (SSSR count). The first-order chi connectivity index (χ1) is 5.72. The minimum absolute atomic E-state index is 0.286. The lowest BCUT2D eigenvalue weighted by molar-refractivity contribution is -0.142. The van der Waals surface area contributed by atoms with Gasteiger partial charge >= 0.3 is 5.97 Å². The van der Waals surface area contributed by atoms with E-state index in [1.54, 1.807) is 0 Å². The summed E-state index contributed by atoms with van der Waals surface area (Å²) < 4.78 is 8.80. The Labute approximate surface area is 70.8 Å². The standard InChI is InChI=1S/C7H13NO4/c1-11-7(10)6(8)3-2-4-12-5-9/h5-6H,2-4,8H2,1H3/t6-/m0/s1. The Morgan fingerprint density at radius 2 is 2.33 bits per heavy atom. The molecule has 0 radical (unpaired) electrons. The zero-order valence-corrected chi connectivity index (χ0v) is 6.99. The van der Waals surface area contributed by atoms with Crippen molar-refractivity contribution in [3.05, 3.63) is 0 Å². The number of carbonyl (C=O) groups excluding carboxylic acids is 2. The monoisotopic (exact) mass is 175 g/mol. The molecule has 5 heteroatoms. The highest BCUT2D eigenvalue weighted by molar-refractivity contribution is 5.75. The van der Waals surface area contributed by atoms with Gasteiger partial charge in [-0.25, -0.2) is 0 Å². The average Bonchev–Trinajstić information content (AvgIpc) is 2.10. The summed E-state index contributed by atoms with van der Waals surface area (Å²) in [5.74, 6) is -0.443. The summed E-state index contributed by atoms with van der Waals surface area (Å²) in [6.45, 7) is 0.651. The molecular formula is C7H13NO4. The summed E-state index contributed by atoms with van der Waals surface area (Å²) in [5, 5.41) is 0. The maximum Gasteiger partial charge on any atom is 0.322 e. The Bertz CT molecular complexity index is 148. The molecule has 0 aromatic carbocycles. The van der Waals surface area contributed by atoms with Crippen LogP contribution in [0.3, 0.4) is 0 Å². The maximum atomic E-state index is 10.7. The van der Waals surface area contributed by atoms with Crippen LogP contribution in [0.25, 0.3) is 0 Å². The van der Waals surface area contributed by atoms with Crippen LogP contribution < -0.4 is 5.73 Å². The summed E-state index contributed by atoms with van der Waals surface area (Å²) in [5.41, 5.74) is 5.39. The van der Waals surface area contributed by atoms with E-state index in [1.165, 1.54) is 7.11 Å². The van der Waals surface area contributed by atoms with Crippen LogP contribution in [0.2, 0.25) is 0 Å². The Hall–Kier alpha value is -1.10. The van der Waals surface area contributed by atoms with Gasteiger partial charge in [-0.1, -0.05) is 0 Å². The first-order valence-electron chi connectivity index (χ1n) is 3.61. The largest absolute Gasteiger partial charge is 0.468 e. The van der Waals surface area contributed by atoms with E-state index in [0.717, 1.165) is 0 Å². The van der Waals surface area contributed by atoms with Crippen molar-refractivity contribution in [2.24, 2.45) is 5.73 Å². The molecule has 1 atom stereocenters. The van der Waals surface area contributed by atoms with Crippen LogP contribution in [0, 0.1) is 0 Å². The second kappa shape index (κ2) is 6.60. The van der Waals surface area contributed by atoms with Crippen LogP contribution in [0.5, 0.6) is 0 Å². The Kier molecular flexibility index (Phi) is 6.00. The lowest BCUT2D eigenvalue weighted by Gasteiger charge is -2.07. The third kappa shape index (κ3) is 4.68. The fraction of sp³-hybridized carbons (Fsp3) is 0.714. The van der Waals surface area contributed by atoms with Crippen molar-refractivity contribution in [3.63, 3.8) is 0 Å². The fourth-order valence-corrected chi connectivity index (χ4v) is 0.704. The third-order valence-electron chi connectivity index (χ3n) is 1.35. The van der Waals surface area contributed by atoms with Gasteiger partial charge in [-0.05, 0) is 12.8 Å². The van der Waals surface area contributed by atoms with Crippen molar-refractivity contribution in [1.82, 2.24) is 0 Å². The quantitative estimate of drug-likeness (QED) is 0.332. The molecule has 0 fully saturated rings. The van der Waals surface area contributed by atoms with E-state index in [2.05, 4.69) is 9.47 Å². The smallest absolute Gasteiger partial charge is 0.322 e. The number of ether oxygens (including phenoxy) is 2. The highest BCUT2D eigenvalue weighted by atomic mass is 16.5. The molecule has 0 aliphatic heterocycles. The van der Waals surface area contributed by atoms with Gasteiger partial charge in [-0.2, -0.15) is 0 Å². The van der Waals surface area contributed by atoms with Gasteiger partial charge in [0.25, 0.3) is 6.47 Å². The molecule has 0 aliphatic carbocycles. The number of nitrogens with two attached hydrogens (primary N) is 1. The molecule has 12 heavy (non-hydrogen) atoms. The number of hydrogen-bond donors (Lipinski definition) is 1. The van der Waals surface area contributed by atoms with Crippen LogP contribution in [0.15, 0.2) is 0 Å². The van der Waals surface area contributed by atoms with E-state index in [9.17, 15) is 9.59 Å². The molecule has 0 saturated carbocycles. The van der Waals surface area contributed by atoms with E-state index in [4.69, 9.17) is 5.73 Å². The van der Waals surface area contributed by atoms with E-state index in [1.807, 2.05) is 0 Å². The van der Waals surface area contributed by atoms with E-state index >= 15 is 0 Å². The molecule has 0 bridgehead atoms. The van der Waals surface area contributed by atoms with Gasteiger partial charge in [-0.15, -0.1) is 0 Å².